The molecule has 9 nitrogen and oxygen atoms in total. The average Bonchev–Trinajstić information content (AvgIpc) is 2.81. The van der Waals surface area contributed by atoms with Crippen LogP contribution >= 0.6 is 0 Å². The first-order valence-electron chi connectivity index (χ1n) is 10.5. The fourth-order valence-electron chi connectivity index (χ4n) is 3.79. The van der Waals surface area contributed by atoms with Crippen LogP contribution in [0.3, 0.4) is 0 Å². The molecule has 2 aromatic carbocycles. The molecule has 0 bridgehead atoms. The van der Waals surface area contributed by atoms with Crippen LogP contribution in [0.5, 0.6) is 0 Å². The standard InChI is InChI=1S/C23H26N4O5/c1-4-20(21-24-19-12-7-6-11-18(19)23(29)25(21)5-2)26(13-14-32-3)22(28)16-9-8-10-17(15-16)27(30)31/h6-12,15,20H,4-5,13-14H2,1-3H3. The molecule has 0 saturated heterocycles. The Hall–Kier alpha value is -3.59. The molecule has 0 saturated carbocycles. The number of nitro benzene ring substituents is 1. The van der Waals surface area contributed by atoms with Crippen LogP contribution in [0.1, 0.15) is 42.5 Å². The molecule has 9 heteroatoms. The van der Waals surface area contributed by atoms with Gasteiger partial charge in [-0.25, -0.2) is 4.98 Å². The van der Waals surface area contributed by atoms with E-state index in [-0.39, 0.29) is 35.9 Å². The third kappa shape index (κ3) is 4.52. The quantitative estimate of drug-likeness (QED) is 0.373. The number of ether oxygens (including phenoxy) is 1. The van der Waals surface area contributed by atoms with Crippen molar-refractivity contribution >= 4 is 22.5 Å². The van der Waals surface area contributed by atoms with Crippen molar-refractivity contribution in [2.45, 2.75) is 32.9 Å². The van der Waals surface area contributed by atoms with Crippen molar-refractivity contribution in [1.29, 1.82) is 0 Å². The van der Waals surface area contributed by atoms with Crippen molar-refractivity contribution in [1.82, 2.24) is 14.5 Å². The zero-order valence-electron chi connectivity index (χ0n) is 18.4. The summed E-state index contributed by atoms with van der Waals surface area (Å²) in [4.78, 5) is 43.6. The van der Waals surface area contributed by atoms with Crippen molar-refractivity contribution in [2.75, 3.05) is 20.3 Å². The van der Waals surface area contributed by atoms with Crippen molar-refractivity contribution in [3.63, 3.8) is 0 Å². The molecule has 0 spiro atoms. The Bertz CT molecular complexity index is 1190. The van der Waals surface area contributed by atoms with Crippen molar-refractivity contribution in [3.8, 4) is 0 Å². The van der Waals surface area contributed by atoms with Gasteiger partial charge in [-0.15, -0.1) is 0 Å². The largest absolute Gasteiger partial charge is 0.383 e. The lowest BCUT2D eigenvalue weighted by molar-refractivity contribution is -0.384. The molecular weight excluding hydrogens is 412 g/mol. The van der Waals surface area contributed by atoms with Gasteiger partial charge in [0.1, 0.15) is 5.82 Å². The minimum absolute atomic E-state index is 0.162. The molecule has 168 valence electrons. The first-order valence-corrected chi connectivity index (χ1v) is 10.5. The van der Waals surface area contributed by atoms with Crippen molar-refractivity contribution < 1.29 is 14.5 Å². The molecule has 1 aromatic heterocycles. The summed E-state index contributed by atoms with van der Waals surface area (Å²) in [5, 5.41) is 11.7. The second-order valence-electron chi connectivity index (χ2n) is 7.26. The maximum Gasteiger partial charge on any atom is 0.270 e. The average molecular weight is 438 g/mol. The minimum Gasteiger partial charge on any atom is -0.383 e. The van der Waals surface area contributed by atoms with E-state index < -0.39 is 11.0 Å². The van der Waals surface area contributed by atoms with Gasteiger partial charge in [0.15, 0.2) is 0 Å². The Morgan fingerprint density at radius 2 is 1.97 bits per heavy atom. The zero-order valence-corrected chi connectivity index (χ0v) is 18.4. The van der Waals surface area contributed by atoms with Gasteiger partial charge in [-0.3, -0.25) is 24.3 Å². The topological polar surface area (TPSA) is 108 Å². The molecule has 32 heavy (non-hydrogen) atoms. The Morgan fingerprint density at radius 1 is 1.22 bits per heavy atom. The predicted molar refractivity (Wildman–Crippen MR) is 121 cm³/mol. The highest BCUT2D eigenvalue weighted by Crippen LogP contribution is 2.26. The van der Waals surface area contributed by atoms with E-state index in [0.717, 1.165) is 0 Å². The van der Waals surface area contributed by atoms with Crippen LogP contribution in [0.15, 0.2) is 53.3 Å². The van der Waals surface area contributed by atoms with Crippen LogP contribution < -0.4 is 5.56 Å². The summed E-state index contributed by atoms with van der Waals surface area (Å²) in [6.45, 7) is 4.66. The van der Waals surface area contributed by atoms with Crippen molar-refractivity contribution in [3.05, 3.63) is 80.4 Å². The van der Waals surface area contributed by atoms with E-state index in [1.54, 1.807) is 33.7 Å². The maximum atomic E-state index is 13.5. The van der Waals surface area contributed by atoms with Crippen molar-refractivity contribution in [2.24, 2.45) is 0 Å². The van der Waals surface area contributed by atoms with Gasteiger partial charge in [0.2, 0.25) is 0 Å². The summed E-state index contributed by atoms with van der Waals surface area (Å²) in [5.41, 5.74) is 0.427. The Kier molecular flexibility index (Phi) is 7.32. The molecule has 1 heterocycles. The molecule has 0 aliphatic carbocycles. The number of nitrogens with zero attached hydrogens (tertiary/aromatic N) is 4. The van der Waals surface area contributed by atoms with E-state index in [2.05, 4.69) is 0 Å². The number of hydrogen-bond donors (Lipinski definition) is 0. The first kappa shape index (κ1) is 23.1. The zero-order chi connectivity index (χ0) is 23.3. The van der Waals surface area contributed by atoms with Gasteiger partial charge >= 0.3 is 0 Å². The molecule has 0 radical (unpaired) electrons. The van der Waals surface area contributed by atoms with Crippen LogP contribution in [0.25, 0.3) is 10.9 Å². The molecule has 1 atom stereocenters. The lowest BCUT2D eigenvalue weighted by Crippen LogP contribution is -2.40. The van der Waals surface area contributed by atoms with Gasteiger partial charge < -0.3 is 9.64 Å². The highest BCUT2D eigenvalue weighted by molar-refractivity contribution is 5.95. The number of fused-ring (bicyclic) bond motifs is 1. The minimum atomic E-state index is -0.535. The number of methoxy groups -OCH3 is 1. The molecule has 1 unspecified atom stereocenters. The summed E-state index contributed by atoms with van der Waals surface area (Å²) in [6, 6.07) is 12.2. The number of para-hydroxylation sites is 1. The van der Waals surface area contributed by atoms with E-state index in [4.69, 9.17) is 9.72 Å². The van der Waals surface area contributed by atoms with Crippen LogP contribution in [-0.4, -0.2) is 45.5 Å². The van der Waals surface area contributed by atoms with Crippen LogP contribution in [0, 0.1) is 10.1 Å². The number of carbonyl (C=O) groups excluding carboxylic acids is 1. The smallest absolute Gasteiger partial charge is 0.270 e. The molecule has 3 rings (SSSR count). The molecule has 0 aliphatic rings. The lowest BCUT2D eigenvalue weighted by Gasteiger charge is -2.32. The number of hydrogen-bond acceptors (Lipinski definition) is 6. The Labute approximate surface area is 185 Å². The fourth-order valence-corrected chi connectivity index (χ4v) is 3.79. The van der Waals surface area contributed by atoms with E-state index in [0.29, 0.717) is 29.7 Å². The summed E-state index contributed by atoms with van der Waals surface area (Å²) in [6.07, 6.45) is 0.495. The monoisotopic (exact) mass is 438 g/mol. The highest BCUT2D eigenvalue weighted by atomic mass is 16.6. The van der Waals surface area contributed by atoms with Gasteiger partial charge in [0.25, 0.3) is 17.2 Å². The predicted octanol–water partition coefficient (Wildman–Crippen LogP) is 3.56. The van der Waals surface area contributed by atoms with Gasteiger partial charge in [0, 0.05) is 37.9 Å². The number of rotatable bonds is 9. The fraction of sp³-hybridized carbons (Fsp3) is 0.348. The third-order valence-corrected chi connectivity index (χ3v) is 5.37. The van der Waals surface area contributed by atoms with Gasteiger partial charge in [0.05, 0.1) is 28.5 Å². The summed E-state index contributed by atoms with van der Waals surface area (Å²) >= 11 is 0. The first-order chi connectivity index (χ1) is 15.4. The maximum absolute atomic E-state index is 13.5. The number of nitro groups is 1. The molecule has 3 aromatic rings. The molecule has 0 N–H and O–H groups in total. The molecule has 0 fully saturated rings. The highest BCUT2D eigenvalue weighted by Gasteiger charge is 2.29. The van der Waals surface area contributed by atoms with Crippen LogP contribution in [-0.2, 0) is 11.3 Å². The van der Waals surface area contributed by atoms with E-state index >= 15 is 0 Å². The van der Waals surface area contributed by atoms with Gasteiger partial charge in [-0.05, 0) is 31.5 Å². The van der Waals surface area contributed by atoms with Gasteiger partial charge in [-0.1, -0.05) is 25.1 Å². The Balaban J connectivity index is 2.14. The SMILES string of the molecule is CCC(c1nc2ccccc2c(=O)n1CC)N(CCOC)C(=O)c1cccc([N+](=O)[O-])c1. The number of non-ortho nitro benzene ring substituents is 1. The lowest BCUT2D eigenvalue weighted by atomic mass is 10.1. The summed E-state index contributed by atoms with van der Waals surface area (Å²) in [7, 11) is 1.53. The summed E-state index contributed by atoms with van der Waals surface area (Å²) < 4.78 is 6.79. The molecule has 0 aliphatic heterocycles. The normalized spacial score (nSPS) is 12.0. The third-order valence-electron chi connectivity index (χ3n) is 5.37. The van der Waals surface area contributed by atoms with Crippen LogP contribution in [0.2, 0.25) is 0 Å². The second kappa shape index (κ2) is 10.1. The van der Waals surface area contributed by atoms with Gasteiger partial charge in [-0.2, -0.15) is 0 Å². The van der Waals surface area contributed by atoms with E-state index in [1.165, 1.54) is 25.3 Å². The number of benzene rings is 2. The Morgan fingerprint density at radius 3 is 2.62 bits per heavy atom. The number of carbonyl (C=O) groups is 1. The summed E-state index contributed by atoms with van der Waals surface area (Å²) in [5.74, 6) is 0.0937. The molecule has 1 amide bonds. The van der Waals surface area contributed by atoms with E-state index in [1.807, 2.05) is 19.9 Å². The second-order valence-corrected chi connectivity index (χ2v) is 7.26. The van der Waals surface area contributed by atoms with E-state index in [9.17, 15) is 19.7 Å². The van der Waals surface area contributed by atoms with Crippen LogP contribution in [0.4, 0.5) is 5.69 Å². The number of aromatic nitrogens is 2. The molecular formula is C23H26N4O5. The number of amides is 1.